The maximum Gasteiger partial charge on any atom is 0.293 e. The molecule has 1 saturated heterocycles. The molecule has 134 valence electrons. The first-order valence-electron chi connectivity index (χ1n) is 8.53. The van der Waals surface area contributed by atoms with E-state index in [0.717, 1.165) is 24.2 Å². The number of ether oxygens (including phenoxy) is 1. The van der Waals surface area contributed by atoms with E-state index in [1.807, 2.05) is 19.9 Å². The van der Waals surface area contributed by atoms with E-state index < -0.39 is 0 Å². The fourth-order valence-corrected chi connectivity index (χ4v) is 3.09. The first-order valence-corrected chi connectivity index (χ1v) is 8.53. The van der Waals surface area contributed by atoms with Crippen LogP contribution in [0, 0.1) is 13.8 Å². The molecule has 9 nitrogen and oxygen atoms in total. The first kappa shape index (κ1) is 16.4. The second kappa shape index (κ2) is 6.66. The van der Waals surface area contributed by atoms with Crippen molar-refractivity contribution in [2.45, 2.75) is 32.8 Å². The number of hydrogen-bond donors (Lipinski definition) is 0. The highest BCUT2D eigenvalue weighted by molar-refractivity contribution is 5.91. The zero-order chi connectivity index (χ0) is 18.1. The second-order valence-electron chi connectivity index (χ2n) is 6.34. The van der Waals surface area contributed by atoms with E-state index in [1.54, 1.807) is 21.7 Å². The van der Waals surface area contributed by atoms with Gasteiger partial charge in [0, 0.05) is 49.6 Å². The predicted molar refractivity (Wildman–Crippen MR) is 91.8 cm³/mol. The molecule has 1 aliphatic heterocycles. The van der Waals surface area contributed by atoms with Crippen LogP contribution in [0.25, 0.3) is 5.78 Å². The minimum atomic E-state index is -0.173. The van der Waals surface area contributed by atoms with Crippen molar-refractivity contribution in [3.05, 3.63) is 41.9 Å². The van der Waals surface area contributed by atoms with Crippen molar-refractivity contribution in [1.82, 2.24) is 34.4 Å². The van der Waals surface area contributed by atoms with E-state index >= 15 is 0 Å². The van der Waals surface area contributed by atoms with Gasteiger partial charge < -0.3 is 9.64 Å². The molecular weight excluding hydrogens is 334 g/mol. The molecule has 9 heteroatoms. The zero-order valence-corrected chi connectivity index (χ0v) is 14.7. The highest BCUT2D eigenvalue weighted by Gasteiger charge is 2.27. The molecule has 1 amide bonds. The van der Waals surface area contributed by atoms with E-state index in [9.17, 15) is 4.79 Å². The smallest absolute Gasteiger partial charge is 0.293 e. The van der Waals surface area contributed by atoms with E-state index in [-0.39, 0.29) is 17.8 Å². The number of amides is 1. The van der Waals surface area contributed by atoms with Gasteiger partial charge in [0.05, 0.1) is 0 Å². The number of likely N-dealkylation sites (tertiary alicyclic amines) is 1. The minimum absolute atomic E-state index is 0.0366. The van der Waals surface area contributed by atoms with Crippen molar-refractivity contribution in [1.29, 1.82) is 0 Å². The third-order valence-electron chi connectivity index (χ3n) is 4.38. The van der Waals surface area contributed by atoms with E-state index in [4.69, 9.17) is 4.74 Å². The quantitative estimate of drug-likeness (QED) is 0.698. The number of aromatic nitrogens is 6. The molecule has 0 radical (unpaired) electrons. The molecule has 0 atom stereocenters. The summed E-state index contributed by atoms with van der Waals surface area (Å²) in [6.07, 6.45) is 4.61. The second-order valence-corrected chi connectivity index (χ2v) is 6.34. The lowest BCUT2D eigenvalue weighted by Gasteiger charge is -2.31. The summed E-state index contributed by atoms with van der Waals surface area (Å²) in [6, 6.07) is 3.64. The van der Waals surface area contributed by atoms with Gasteiger partial charge in [-0.3, -0.25) is 4.79 Å². The van der Waals surface area contributed by atoms with Gasteiger partial charge in [-0.15, -0.1) is 5.10 Å². The molecule has 26 heavy (non-hydrogen) atoms. The molecule has 0 saturated carbocycles. The Morgan fingerprint density at radius 3 is 2.77 bits per heavy atom. The topological polar surface area (TPSA) is 98.4 Å². The van der Waals surface area contributed by atoms with Crippen LogP contribution < -0.4 is 4.74 Å². The van der Waals surface area contributed by atoms with Crippen LogP contribution in [0.1, 0.15) is 34.8 Å². The van der Waals surface area contributed by atoms with Crippen LogP contribution in [0.2, 0.25) is 0 Å². The van der Waals surface area contributed by atoms with Crippen molar-refractivity contribution >= 4 is 11.7 Å². The Hall–Kier alpha value is -3.10. The summed E-state index contributed by atoms with van der Waals surface area (Å²) >= 11 is 0. The molecule has 0 N–H and O–H groups in total. The molecule has 0 aliphatic carbocycles. The van der Waals surface area contributed by atoms with Crippen LogP contribution in [0.15, 0.2) is 24.7 Å². The highest BCUT2D eigenvalue weighted by atomic mass is 16.5. The number of piperidine rings is 1. The molecule has 4 rings (SSSR count). The maximum atomic E-state index is 12.7. The van der Waals surface area contributed by atoms with E-state index in [1.165, 1.54) is 6.33 Å². The molecule has 1 fully saturated rings. The number of aryl methyl sites for hydroxylation is 2. The summed E-state index contributed by atoms with van der Waals surface area (Å²) in [5.74, 6) is 1.02. The van der Waals surface area contributed by atoms with Gasteiger partial charge in [-0.2, -0.15) is 4.98 Å². The minimum Gasteiger partial charge on any atom is -0.474 e. The van der Waals surface area contributed by atoms with Gasteiger partial charge in [-0.25, -0.2) is 19.5 Å². The average Bonchev–Trinajstić information content (AvgIpc) is 3.07. The fraction of sp³-hybridized carbons (Fsp3) is 0.412. The molecule has 1 aliphatic rings. The summed E-state index contributed by atoms with van der Waals surface area (Å²) in [6.45, 7) is 5.00. The Labute approximate surface area is 150 Å². The third kappa shape index (κ3) is 3.19. The number of nitrogens with zero attached hydrogens (tertiary/aromatic N) is 7. The zero-order valence-electron chi connectivity index (χ0n) is 14.7. The number of carbonyl (C=O) groups excluding carboxylic acids is 1. The van der Waals surface area contributed by atoms with Crippen LogP contribution in [0.3, 0.4) is 0 Å². The summed E-state index contributed by atoms with van der Waals surface area (Å²) in [5, 5.41) is 4.32. The first-order chi connectivity index (χ1) is 12.6. The van der Waals surface area contributed by atoms with Gasteiger partial charge in [-0.1, -0.05) is 0 Å². The van der Waals surface area contributed by atoms with Gasteiger partial charge in [0.1, 0.15) is 12.4 Å². The number of carbonyl (C=O) groups is 1. The highest BCUT2D eigenvalue weighted by Crippen LogP contribution is 2.18. The predicted octanol–water partition coefficient (Wildman–Crippen LogP) is 1.21. The lowest BCUT2D eigenvalue weighted by molar-refractivity contribution is 0.0577. The molecule has 0 aromatic carbocycles. The van der Waals surface area contributed by atoms with E-state index in [2.05, 4.69) is 25.0 Å². The number of fused-ring (bicyclic) bond motifs is 1. The van der Waals surface area contributed by atoms with Crippen LogP contribution in [0.4, 0.5) is 0 Å². The van der Waals surface area contributed by atoms with Crippen LogP contribution in [0.5, 0.6) is 5.88 Å². The van der Waals surface area contributed by atoms with Gasteiger partial charge in [-0.05, 0) is 19.9 Å². The maximum absolute atomic E-state index is 12.7. The third-order valence-corrected chi connectivity index (χ3v) is 4.38. The summed E-state index contributed by atoms with van der Waals surface area (Å²) in [5.41, 5.74) is 1.75. The monoisotopic (exact) mass is 353 g/mol. The van der Waals surface area contributed by atoms with Crippen molar-refractivity contribution in [2.75, 3.05) is 13.1 Å². The summed E-state index contributed by atoms with van der Waals surface area (Å²) in [4.78, 5) is 31.1. The lowest BCUT2D eigenvalue weighted by atomic mass is 10.1. The number of rotatable bonds is 3. The van der Waals surface area contributed by atoms with Crippen LogP contribution in [-0.2, 0) is 0 Å². The Kier molecular flexibility index (Phi) is 4.19. The standard InChI is InChI=1S/C17H19N7O2/c1-11-9-12(2)24-17(20-11)21-15(22-24)16(25)23-7-4-13(5-8-23)26-14-3-6-18-10-19-14/h3,6,9-10,13H,4-5,7-8H2,1-2H3. The largest absolute Gasteiger partial charge is 0.474 e. The van der Waals surface area contributed by atoms with Crippen molar-refractivity contribution in [3.8, 4) is 5.88 Å². The average molecular weight is 353 g/mol. The Balaban J connectivity index is 1.43. The molecule has 0 unspecified atom stereocenters. The Bertz CT molecular complexity index is 933. The van der Waals surface area contributed by atoms with Gasteiger partial charge in [0.25, 0.3) is 11.7 Å². The molecule has 0 spiro atoms. The molecule has 3 aromatic rings. The van der Waals surface area contributed by atoms with Crippen LogP contribution >= 0.6 is 0 Å². The summed E-state index contributed by atoms with van der Waals surface area (Å²) in [7, 11) is 0. The van der Waals surface area contributed by atoms with Crippen molar-refractivity contribution in [3.63, 3.8) is 0 Å². The van der Waals surface area contributed by atoms with Crippen LogP contribution in [-0.4, -0.2) is 59.6 Å². The summed E-state index contributed by atoms with van der Waals surface area (Å²) < 4.78 is 7.43. The molecule has 3 aromatic heterocycles. The Morgan fingerprint density at radius 1 is 1.23 bits per heavy atom. The van der Waals surface area contributed by atoms with Gasteiger partial charge >= 0.3 is 0 Å². The van der Waals surface area contributed by atoms with Crippen molar-refractivity contribution in [2.24, 2.45) is 0 Å². The lowest BCUT2D eigenvalue weighted by Crippen LogP contribution is -2.42. The molecular formula is C17H19N7O2. The Morgan fingerprint density at radius 2 is 2.04 bits per heavy atom. The number of hydrogen-bond acceptors (Lipinski definition) is 7. The molecule has 0 bridgehead atoms. The van der Waals surface area contributed by atoms with Crippen molar-refractivity contribution < 1.29 is 9.53 Å². The van der Waals surface area contributed by atoms with Gasteiger partial charge in [0.15, 0.2) is 0 Å². The van der Waals surface area contributed by atoms with Gasteiger partial charge in [0.2, 0.25) is 11.7 Å². The SMILES string of the molecule is Cc1cc(C)n2nc(C(=O)N3CCC(Oc4ccncn4)CC3)nc2n1. The normalized spacial score (nSPS) is 15.4. The van der Waals surface area contributed by atoms with E-state index in [0.29, 0.717) is 24.7 Å². The molecule has 4 heterocycles. The fourth-order valence-electron chi connectivity index (χ4n) is 3.09.